The molecule has 3 aromatic rings. The van der Waals surface area contributed by atoms with Gasteiger partial charge in [-0.05, 0) is 42.5 Å². The number of ether oxygens (including phenoxy) is 1. The van der Waals surface area contributed by atoms with E-state index in [-0.39, 0.29) is 11.8 Å². The van der Waals surface area contributed by atoms with Crippen molar-refractivity contribution >= 4 is 46.4 Å². The molecule has 0 bridgehead atoms. The SMILES string of the molecule is COC(=O)Nc1nc2cc(Sc3ccc(N4CCN(C(=O)C(C)C)CC4)cc3)ccc2[nH]1. The van der Waals surface area contributed by atoms with E-state index in [0.29, 0.717) is 5.95 Å². The number of rotatable bonds is 5. The Labute approximate surface area is 191 Å². The van der Waals surface area contributed by atoms with Crippen LogP contribution in [0.3, 0.4) is 0 Å². The average Bonchev–Trinajstić information content (AvgIpc) is 3.20. The lowest BCUT2D eigenvalue weighted by atomic mass is 10.1. The summed E-state index contributed by atoms with van der Waals surface area (Å²) in [5.74, 6) is 0.640. The van der Waals surface area contributed by atoms with Gasteiger partial charge in [-0.1, -0.05) is 25.6 Å². The molecule has 168 valence electrons. The molecular formula is C23H27N5O3S. The van der Waals surface area contributed by atoms with Crippen molar-refractivity contribution in [2.45, 2.75) is 23.6 Å². The number of aromatic nitrogens is 2. The maximum Gasteiger partial charge on any atom is 0.413 e. The zero-order valence-corrected chi connectivity index (χ0v) is 19.2. The summed E-state index contributed by atoms with van der Waals surface area (Å²) in [6.07, 6.45) is -0.563. The summed E-state index contributed by atoms with van der Waals surface area (Å²) >= 11 is 1.66. The Morgan fingerprint density at radius 3 is 2.41 bits per heavy atom. The molecule has 0 atom stereocenters. The van der Waals surface area contributed by atoms with Crippen LogP contribution in [0.5, 0.6) is 0 Å². The number of methoxy groups -OCH3 is 1. The first-order chi connectivity index (χ1) is 15.4. The first kappa shape index (κ1) is 22.0. The lowest BCUT2D eigenvalue weighted by Crippen LogP contribution is -2.49. The van der Waals surface area contributed by atoms with Gasteiger partial charge in [-0.15, -0.1) is 0 Å². The summed E-state index contributed by atoms with van der Waals surface area (Å²) in [4.78, 5) is 37.5. The number of carbonyl (C=O) groups excluding carboxylic acids is 2. The van der Waals surface area contributed by atoms with Crippen molar-refractivity contribution in [2.24, 2.45) is 5.92 Å². The molecule has 0 spiro atoms. The third-order valence-corrected chi connectivity index (χ3v) is 6.38. The van der Waals surface area contributed by atoms with Gasteiger partial charge in [0.15, 0.2) is 0 Å². The van der Waals surface area contributed by atoms with E-state index < -0.39 is 6.09 Å². The number of nitrogens with zero attached hydrogens (tertiary/aromatic N) is 3. The fourth-order valence-corrected chi connectivity index (χ4v) is 4.52. The van der Waals surface area contributed by atoms with Crippen molar-refractivity contribution in [1.29, 1.82) is 0 Å². The third-order valence-electron chi connectivity index (χ3n) is 5.38. The van der Waals surface area contributed by atoms with Gasteiger partial charge in [0.1, 0.15) is 0 Å². The molecule has 2 heterocycles. The van der Waals surface area contributed by atoms with Gasteiger partial charge >= 0.3 is 6.09 Å². The van der Waals surface area contributed by atoms with Gasteiger partial charge in [0, 0.05) is 47.6 Å². The van der Waals surface area contributed by atoms with E-state index >= 15 is 0 Å². The van der Waals surface area contributed by atoms with Crippen LogP contribution in [0.1, 0.15) is 13.8 Å². The van der Waals surface area contributed by atoms with Crippen molar-refractivity contribution in [3.05, 3.63) is 42.5 Å². The highest BCUT2D eigenvalue weighted by atomic mass is 32.2. The van der Waals surface area contributed by atoms with Gasteiger partial charge in [-0.25, -0.2) is 9.78 Å². The summed E-state index contributed by atoms with van der Waals surface area (Å²) < 4.78 is 4.60. The molecule has 1 saturated heterocycles. The Balaban J connectivity index is 1.38. The maximum atomic E-state index is 12.2. The zero-order valence-electron chi connectivity index (χ0n) is 18.4. The van der Waals surface area contributed by atoms with Crippen LogP contribution in [0.2, 0.25) is 0 Å². The van der Waals surface area contributed by atoms with E-state index in [9.17, 15) is 9.59 Å². The quantitative estimate of drug-likeness (QED) is 0.602. The highest BCUT2D eigenvalue weighted by molar-refractivity contribution is 7.99. The molecule has 1 fully saturated rings. The van der Waals surface area contributed by atoms with Crippen molar-refractivity contribution in [3.63, 3.8) is 0 Å². The largest absolute Gasteiger partial charge is 0.453 e. The Bertz CT molecular complexity index is 1100. The highest BCUT2D eigenvalue weighted by Crippen LogP contribution is 2.31. The van der Waals surface area contributed by atoms with Gasteiger partial charge < -0.3 is 19.5 Å². The van der Waals surface area contributed by atoms with Crippen LogP contribution in [-0.2, 0) is 9.53 Å². The van der Waals surface area contributed by atoms with Crippen LogP contribution in [0.15, 0.2) is 52.3 Å². The number of nitrogens with one attached hydrogen (secondary N) is 2. The Morgan fingerprint density at radius 2 is 1.75 bits per heavy atom. The summed E-state index contributed by atoms with van der Waals surface area (Å²) in [5, 5.41) is 2.54. The summed E-state index contributed by atoms with van der Waals surface area (Å²) in [5.41, 5.74) is 2.78. The number of imidazole rings is 1. The predicted octanol–water partition coefficient (Wildman–Crippen LogP) is 4.20. The monoisotopic (exact) mass is 453 g/mol. The molecule has 8 nitrogen and oxygen atoms in total. The second-order valence-corrected chi connectivity index (χ2v) is 9.09. The summed E-state index contributed by atoms with van der Waals surface area (Å²) in [6, 6.07) is 14.4. The van der Waals surface area contributed by atoms with E-state index in [0.717, 1.165) is 47.0 Å². The van der Waals surface area contributed by atoms with Crippen LogP contribution in [0, 0.1) is 5.92 Å². The predicted molar refractivity (Wildman–Crippen MR) is 126 cm³/mol. The number of anilines is 2. The number of benzene rings is 2. The van der Waals surface area contributed by atoms with Crippen LogP contribution in [-0.4, -0.2) is 60.2 Å². The minimum atomic E-state index is -0.563. The maximum absolute atomic E-state index is 12.2. The molecule has 2 amide bonds. The lowest BCUT2D eigenvalue weighted by Gasteiger charge is -2.37. The molecule has 0 saturated carbocycles. The second kappa shape index (κ2) is 9.52. The summed E-state index contributed by atoms with van der Waals surface area (Å²) in [7, 11) is 1.31. The molecular weight excluding hydrogens is 426 g/mol. The molecule has 0 unspecified atom stereocenters. The van der Waals surface area contributed by atoms with Crippen LogP contribution >= 0.6 is 11.8 Å². The number of piperazine rings is 1. The van der Waals surface area contributed by atoms with Crippen LogP contribution < -0.4 is 10.2 Å². The number of hydrogen-bond acceptors (Lipinski definition) is 6. The number of amides is 2. The van der Waals surface area contributed by atoms with Crippen molar-refractivity contribution < 1.29 is 14.3 Å². The molecule has 2 aromatic carbocycles. The lowest BCUT2D eigenvalue weighted by molar-refractivity contribution is -0.134. The number of aromatic amines is 1. The Hall–Kier alpha value is -3.20. The molecule has 0 aliphatic carbocycles. The minimum Gasteiger partial charge on any atom is -0.453 e. The molecule has 9 heteroatoms. The average molecular weight is 454 g/mol. The third kappa shape index (κ3) is 4.99. The molecule has 0 radical (unpaired) electrons. The Kier molecular flexibility index (Phi) is 6.55. The van der Waals surface area contributed by atoms with Crippen LogP contribution in [0.25, 0.3) is 11.0 Å². The smallest absolute Gasteiger partial charge is 0.413 e. The van der Waals surface area contributed by atoms with Crippen molar-refractivity contribution in [3.8, 4) is 0 Å². The minimum absolute atomic E-state index is 0.0502. The second-order valence-electron chi connectivity index (χ2n) is 7.94. The summed E-state index contributed by atoms with van der Waals surface area (Å²) in [6.45, 7) is 7.14. The number of hydrogen-bond donors (Lipinski definition) is 2. The van der Waals surface area contributed by atoms with Gasteiger partial charge in [0.05, 0.1) is 18.1 Å². The Morgan fingerprint density at radius 1 is 1.06 bits per heavy atom. The molecule has 2 N–H and O–H groups in total. The van der Waals surface area contributed by atoms with Gasteiger partial charge in [0.25, 0.3) is 0 Å². The van der Waals surface area contributed by atoms with Gasteiger partial charge in [-0.2, -0.15) is 0 Å². The topological polar surface area (TPSA) is 90.6 Å². The van der Waals surface area contributed by atoms with E-state index in [4.69, 9.17) is 0 Å². The fraction of sp³-hybridized carbons (Fsp3) is 0.348. The number of carbonyl (C=O) groups is 2. The van der Waals surface area contributed by atoms with Crippen molar-refractivity contribution in [1.82, 2.24) is 14.9 Å². The molecule has 32 heavy (non-hydrogen) atoms. The van der Waals surface area contributed by atoms with E-state index in [1.54, 1.807) is 11.8 Å². The zero-order chi connectivity index (χ0) is 22.7. The molecule has 1 aromatic heterocycles. The molecule has 1 aliphatic rings. The standard InChI is InChI=1S/C23H27N5O3S/c1-15(2)21(29)28-12-10-27(11-13-28)16-4-6-17(7-5-16)32-18-8-9-19-20(14-18)25-22(24-19)26-23(30)31-3/h4-9,14-15H,10-13H2,1-3H3,(H2,24,25,26,30). The number of H-pyrrole nitrogens is 1. The van der Waals surface area contributed by atoms with E-state index in [2.05, 4.69) is 49.2 Å². The molecule has 1 aliphatic heterocycles. The van der Waals surface area contributed by atoms with Crippen LogP contribution in [0.4, 0.5) is 16.4 Å². The van der Waals surface area contributed by atoms with E-state index in [1.165, 1.54) is 12.8 Å². The van der Waals surface area contributed by atoms with Gasteiger partial charge in [-0.3, -0.25) is 10.1 Å². The fourth-order valence-electron chi connectivity index (χ4n) is 3.67. The normalized spacial score (nSPS) is 14.1. The highest BCUT2D eigenvalue weighted by Gasteiger charge is 2.22. The van der Waals surface area contributed by atoms with Gasteiger partial charge in [0.2, 0.25) is 11.9 Å². The number of fused-ring (bicyclic) bond motifs is 1. The van der Waals surface area contributed by atoms with E-state index in [1.807, 2.05) is 36.9 Å². The molecule has 4 rings (SSSR count). The van der Waals surface area contributed by atoms with Crippen molar-refractivity contribution in [2.75, 3.05) is 43.5 Å². The first-order valence-corrected chi connectivity index (χ1v) is 11.4. The first-order valence-electron chi connectivity index (χ1n) is 10.6.